The molecule has 0 spiro atoms. The summed E-state index contributed by atoms with van der Waals surface area (Å²) in [6, 6.07) is 18.4. The van der Waals surface area contributed by atoms with Gasteiger partial charge in [0.2, 0.25) is 5.91 Å². The lowest BCUT2D eigenvalue weighted by Gasteiger charge is -2.16. The van der Waals surface area contributed by atoms with Gasteiger partial charge in [-0.2, -0.15) is 18.4 Å². The van der Waals surface area contributed by atoms with E-state index >= 15 is 0 Å². The number of carbonyl (C=O) groups excluding carboxylic acids is 3. The number of ether oxygens (including phenoxy) is 2. The Labute approximate surface area is 231 Å². The molecule has 0 saturated carbocycles. The number of hydrogen-bond acceptors (Lipinski definition) is 7. The summed E-state index contributed by atoms with van der Waals surface area (Å²) in [6.45, 7) is -0.625. The number of amides is 3. The molecule has 0 bridgehead atoms. The molecule has 1 saturated heterocycles. The molecule has 1 aliphatic rings. The highest BCUT2D eigenvalue weighted by atomic mass is 32.2. The van der Waals surface area contributed by atoms with Gasteiger partial charge in [-0.25, -0.2) is 0 Å². The Balaban J connectivity index is 1.48. The number of nitrogens with zero attached hydrogens (tertiary/aromatic N) is 2. The topological polar surface area (TPSA) is 109 Å². The van der Waals surface area contributed by atoms with E-state index in [0.717, 1.165) is 12.1 Å². The first-order chi connectivity index (χ1) is 19.1. The van der Waals surface area contributed by atoms with E-state index in [1.54, 1.807) is 48.5 Å². The second-order valence-corrected chi connectivity index (χ2v) is 9.32. The maximum atomic E-state index is 13.1. The number of nitriles is 1. The summed E-state index contributed by atoms with van der Waals surface area (Å²) in [5.74, 6) is -1.26. The molecule has 1 fully saturated rings. The third kappa shape index (κ3) is 6.44. The van der Waals surface area contributed by atoms with Crippen LogP contribution >= 0.6 is 11.8 Å². The fraction of sp³-hybridized carbons (Fsp3) is 0.143. The molecule has 0 radical (unpaired) electrons. The maximum absolute atomic E-state index is 13.1. The Kier molecular flexibility index (Phi) is 8.45. The molecule has 4 rings (SSSR count). The molecule has 204 valence electrons. The SMILES string of the molecule is COc1ccc(C(F)(F)F)cc1NC(=O)CN1C(=O)S/C(=C\c2ccccc2OCc2ccccc2C#N)C1=O. The molecule has 0 unspecified atom stereocenters. The van der Waals surface area contributed by atoms with Crippen LogP contribution in [-0.4, -0.2) is 35.6 Å². The number of thioether (sulfide) groups is 1. The molecule has 8 nitrogen and oxygen atoms in total. The third-order valence-corrected chi connectivity index (χ3v) is 6.61. The molecule has 0 aromatic heterocycles. The second-order valence-electron chi connectivity index (χ2n) is 8.32. The predicted octanol–water partition coefficient (Wildman–Crippen LogP) is 5.84. The van der Waals surface area contributed by atoms with Gasteiger partial charge in [0.15, 0.2) is 0 Å². The Morgan fingerprint density at radius 2 is 1.80 bits per heavy atom. The van der Waals surface area contributed by atoms with Crippen LogP contribution in [-0.2, 0) is 22.4 Å². The number of methoxy groups -OCH3 is 1. The third-order valence-electron chi connectivity index (χ3n) is 5.70. The highest BCUT2D eigenvalue weighted by Crippen LogP contribution is 2.36. The lowest BCUT2D eigenvalue weighted by Crippen LogP contribution is -2.36. The average Bonchev–Trinajstić information content (AvgIpc) is 3.19. The van der Waals surface area contributed by atoms with Gasteiger partial charge < -0.3 is 14.8 Å². The average molecular weight is 568 g/mol. The van der Waals surface area contributed by atoms with Crippen molar-refractivity contribution < 1.29 is 37.0 Å². The first-order valence-corrected chi connectivity index (χ1v) is 12.4. The van der Waals surface area contributed by atoms with Gasteiger partial charge in [0.25, 0.3) is 11.1 Å². The summed E-state index contributed by atoms with van der Waals surface area (Å²) in [5.41, 5.74) is 0.356. The van der Waals surface area contributed by atoms with E-state index < -0.39 is 35.3 Å². The Morgan fingerprint density at radius 3 is 2.52 bits per heavy atom. The number of benzene rings is 3. The summed E-state index contributed by atoms with van der Waals surface area (Å²) < 4.78 is 50.2. The van der Waals surface area contributed by atoms with Crippen molar-refractivity contribution in [3.63, 3.8) is 0 Å². The van der Waals surface area contributed by atoms with Crippen molar-refractivity contribution in [3.05, 3.63) is 93.9 Å². The minimum absolute atomic E-state index is 0.0237. The predicted molar refractivity (Wildman–Crippen MR) is 141 cm³/mol. The van der Waals surface area contributed by atoms with Gasteiger partial charge in [0, 0.05) is 11.1 Å². The quantitative estimate of drug-likeness (QED) is 0.341. The van der Waals surface area contributed by atoms with E-state index in [1.807, 2.05) is 0 Å². The van der Waals surface area contributed by atoms with Gasteiger partial charge in [-0.3, -0.25) is 19.3 Å². The number of anilines is 1. The normalized spacial score (nSPS) is 14.3. The first kappa shape index (κ1) is 28.3. The highest BCUT2D eigenvalue weighted by molar-refractivity contribution is 8.18. The smallest absolute Gasteiger partial charge is 0.416 e. The Bertz CT molecular complexity index is 1550. The molecule has 3 aromatic rings. The van der Waals surface area contributed by atoms with Crippen LogP contribution in [0.25, 0.3) is 6.08 Å². The van der Waals surface area contributed by atoms with E-state index in [1.165, 1.54) is 13.2 Å². The zero-order valence-electron chi connectivity index (χ0n) is 20.8. The summed E-state index contributed by atoms with van der Waals surface area (Å²) >= 11 is 0.614. The largest absolute Gasteiger partial charge is 0.495 e. The maximum Gasteiger partial charge on any atom is 0.416 e. The highest BCUT2D eigenvalue weighted by Gasteiger charge is 2.37. The van der Waals surface area contributed by atoms with Crippen LogP contribution in [0.4, 0.5) is 23.7 Å². The van der Waals surface area contributed by atoms with Crippen molar-refractivity contribution in [2.75, 3.05) is 19.0 Å². The number of imide groups is 1. The van der Waals surface area contributed by atoms with Crippen molar-refractivity contribution in [1.82, 2.24) is 4.90 Å². The van der Waals surface area contributed by atoms with Crippen LogP contribution in [0.3, 0.4) is 0 Å². The van der Waals surface area contributed by atoms with E-state index in [0.29, 0.717) is 45.2 Å². The van der Waals surface area contributed by atoms with Gasteiger partial charge in [-0.15, -0.1) is 0 Å². The van der Waals surface area contributed by atoms with Crippen LogP contribution in [0, 0.1) is 11.3 Å². The number of nitrogens with one attached hydrogen (secondary N) is 1. The van der Waals surface area contributed by atoms with Gasteiger partial charge in [-0.05, 0) is 48.2 Å². The van der Waals surface area contributed by atoms with Gasteiger partial charge in [0.1, 0.15) is 24.7 Å². The zero-order valence-corrected chi connectivity index (χ0v) is 21.6. The minimum Gasteiger partial charge on any atom is -0.495 e. The second kappa shape index (κ2) is 12.0. The number of hydrogen-bond donors (Lipinski definition) is 1. The molecule has 3 aromatic carbocycles. The minimum atomic E-state index is -4.65. The number of para-hydroxylation sites is 1. The molecule has 1 heterocycles. The first-order valence-electron chi connectivity index (χ1n) is 11.6. The van der Waals surface area contributed by atoms with E-state index in [4.69, 9.17) is 9.47 Å². The molecule has 1 N–H and O–H groups in total. The van der Waals surface area contributed by atoms with Crippen LogP contribution in [0.15, 0.2) is 71.6 Å². The molecule has 1 aliphatic heterocycles. The molecule has 0 atom stereocenters. The Hall–Kier alpha value is -4.76. The summed E-state index contributed by atoms with van der Waals surface area (Å²) in [7, 11) is 1.23. The molecular weight excluding hydrogens is 547 g/mol. The van der Waals surface area contributed by atoms with Gasteiger partial charge >= 0.3 is 6.18 Å². The summed E-state index contributed by atoms with van der Waals surface area (Å²) in [5, 5.41) is 10.8. The van der Waals surface area contributed by atoms with E-state index in [9.17, 15) is 32.8 Å². The Morgan fingerprint density at radius 1 is 1.07 bits per heavy atom. The van der Waals surface area contributed by atoms with Crippen LogP contribution in [0.5, 0.6) is 11.5 Å². The van der Waals surface area contributed by atoms with E-state index in [2.05, 4.69) is 11.4 Å². The molecule has 40 heavy (non-hydrogen) atoms. The van der Waals surface area contributed by atoms with Crippen LogP contribution in [0.1, 0.15) is 22.3 Å². The van der Waals surface area contributed by atoms with Gasteiger partial charge in [0.05, 0.1) is 34.9 Å². The van der Waals surface area contributed by atoms with Crippen molar-refractivity contribution in [1.29, 1.82) is 5.26 Å². The van der Waals surface area contributed by atoms with Crippen molar-refractivity contribution in [2.24, 2.45) is 0 Å². The summed E-state index contributed by atoms with van der Waals surface area (Å²) in [6.07, 6.45) is -3.20. The summed E-state index contributed by atoms with van der Waals surface area (Å²) in [4.78, 5) is 38.9. The van der Waals surface area contributed by atoms with E-state index in [-0.39, 0.29) is 22.9 Å². The van der Waals surface area contributed by atoms with Crippen molar-refractivity contribution in [3.8, 4) is 17.6 Å². The standard InChI is InChI=1S/C28H20F3N3O5S/c1-38-23-11-10-20(28(29,30)31)13-21(23)33-25(35)15-34-26(36)24(40-27(34)37)12-17-6-4-5-9-22(17)39-16-19-8-3-2-7-18(19)14-32/h2-13H,15-16H2,1H3,(H,33,35)/b24-12-. The van der Waals surface area contributed by atoms with Crippen molar-refractivity contribution in [2.45, 2.75) is 12.8 Å². The van der Waals surface area contributed by atoms with Crippen LogP contribution < -0.4 is 14.8 Å². The lowest BCUT2D eigenvalue weighted by atomic mass is 10.1. The van der Waals surface area contributed by atoms with Crippen LogP contribution in [0.2, 0.25) is 0 Å². The number of carbonyl (C=O) groups is 3. The molecule has 3 amide bonds. The van der Waals surface area contributed by atoms with Gasteiger partial charge in [-0.1, -0.05) is 36.4 Å². The molecular formula is C28H20F3N3O5S. The number of rotatable bonds is 8. The fourth-order valence-electron chi connectivity index (χ4n) is 3.73. The van der Waals surface area contributed by atoms with Crippen molar-refractivity contribution >= 4 is 40.6 Å². The fourth-order valence-corrected chi connectivity index (χ4v) is 4.56. The monoisotopic (exact) mass is 567 g/mol. The molecule has 12 heteroatoms. The number of halogens is 3. The lowest BCUT2D eigenvalue weighted by molar-refractivity contribution is -0.137. The number of alkyl halides is 3. The molecule has 0 aliphatic carbocycles. The zero-order chi connectivity index (χ0) is 28.9.